The Balaban J connectivity index is 1.38. The molecule has 2 aliphatic carbocycles. The maximum Gasteiger partial charge on any atom is 0.411 e. The van der Waals surface area contributed by atoms with Crippen molar-refractivity contribution in [1.82, 2.24) is 4.90 Å². The van der Waals surface area contributed by atoms with Gasteiger partial charge in [-0.3, -0.25) is 4.90 Å². The van der Waals surface area contributed by atoms with Gasteiger partial charge in [0.1, 0.15) is 5.60 Å². The molecule has 8 atom stereocenters. The maximum absolute atomic E-state index is 13.6. The molecule has 4 aliphatic rings. The van der Waals surface area contributed by atoms with Gasteiger partial charge in [-0.2, -0.15) is 0 Å². The first-order valence-corrected chi connectivity index (χ1v) is 13.3. The molecule has 2 saturated heterocycles. The zero-order chi connectivity index (χ0) is 25.9. The highest BCUT2D eigenvalue weighted by Gasteiger charge is 2.73. The van der Waals surface area contributed by atoms with E-state index in [2.05, 4.69) is 0 Å². The smallest absolute Gasteiger partial charge is 0.411 e. The molecular formula is C30H33NO6. The molecule has 0 spiro atoms. The summed E-state index contributed by atoms with van der Waals surface area (Å²) in [5.41, 5.74) is 0.165. The lowest BCUT2D eigenvalue weighted by atomic mass is 9.69. The second-order valence-corrected chi connectivity index (χ2v) is 11.8. The van der Waals surface area contributed by atoms with E-state index in [1.807, 2.05) is 32.9 Å². The highest BCUT2D eigenvalue weighted by molar-refractivity contribution is 5.90. The number of benzene rings is 2. The Kier molecular flexibility index (Phi) is 5.77. The number of carbonyl (C=O) groups excluding carboxylic acids is 3. The van der Waals surface area contributed by atoms with Crippen molar-refractivity contribution >= 4 is 18.0 Å². The number of amides is 1. The van der Waals surface area contributed by atoms with Crippen molar-refractivity contribution in [2.75, 3.05) is 0 Å². The quantitative estimate of drug-likeness (QED) is 0.426. The average Bonchev–Trinajstić information content (AvgIpc) is 3.63. The van der Waals surface area contributed by atoms with Crippen molar-refractivity contribution in [3.8, 4) is 0 Å². The summed E-state index contributed by atoms with van der Waals surface area (Å²) in [5, 5.41) is 0. The molecule has 37 heavy (non-hydrogen) atoms. The van der Waals surface area contributed by atoms with Gasteiger partial charge in [0.2, 0.25) is 0 Å². The monoisotopic (exact) mass is 503 g/mol. The first-order valence-electron chi connectivity index (χ1n) is 13.3. The van der Waals surface area contributed by atoms with E-state index in [1.165, 1.54) is 0 Å². The lowest BCUT2D eigenvalue weighted by molar-refractivity contribution is -0.0635. The highest BCUT2D eigenvalue weighted by Crippen LogP contribution is 2.64. The molecule has 2 saturated carbocycles. The van der Waals surface area contributed by atoms with Crippen LogP contribution >= 0.6 is 0 Å². The number of hydrogen-bond acceptors (Lipinski definition) is 6. The second kappa shape index (κ2) is 8.89. The van der Waals surface area contributed by atoms with Crippen LogP contribution in [0.3, 0.4) is 0 Å². The normalized spacial score (nSPS) is 33.2. The van der Waals surface area contributed by atoms with Gasteiger partial charge in [-0.1, -0.05) is 36.4 Å². The number of esters is 2. The molecule has 2 aromatic carbocycles. The van der Waals surface area contributed by atoms with Crippen LogP contribution in [0.1, 0.15) is 60.7 Å². The van der Waals surface area contributed by atoms with E-state index >= 15 is 0 Å². The predicted octanol–water partition coefficient (Wildman–Crippen LogP) is 5.10. The van der Waals surface area contributed by atoms with Crippen LogP contribution in [0.25, 0.3) is 0 Å². The Morgan fingerprint density at radius 2 is 1.16 bits per heavy atom. The van der Waals surface area contributed by atoms with Crippen LogP contribution in [-0.2, 0) is 14.2 Å². The number of carbonyl (C=O) groups is 3. The largest absolute Gasteiger partial charge is 0.452 e. The van der Waals surface area contributed by atoms with Crippen LogP contribution in [0.4, 0.5) is 4.79 Å². The van der Waals surface area contributed by atoms with Crippen molar-refractivity contribution < 1.29 is 28.6 Å². The molecule has 6 rings (SSSR count). The summed E-state index contributed by atoms with van der Waals surface area (Å²) in [6, 6.07) is 16.8. The van der Waals surface area contributed by atoms with Crippen LogP contribution in [0.5, 0.6) is 0 Å². The first kappa shape index (κ1) is 24.0. The van der Waals surface area contributed by atoms with Crippen LogP contribution in [0.2, 0.25) is 0 Å². The number of rotatable bonds is 4. The summed E-state index contributed by atoms with van der Waals surface area (Å²) >= 11 is 0. The Bertz CT molecular complexity index is 1110. The van der Waals surface area contributed by atoms with Crippen LogP contribution < -0.4 is 0 Å². The third-order valence-corrected chi connectivity index (χ3v) is 8.58. The molecule has 4 fully saturated rings. The molecule has 8 unspecified atom stereocenters. The lowest BCUT2D eigenvalue weighted by Gasteiger charge is -2.39. The number of hydrogen-bond donors (Lipinski definition) is 0. The van der Waals surface area contributed by atoms with Gasteiger partial charge in [0, 0.05) is 0 Å². The van der Waals surface area contributed by atoms with Crippen molar-refractivity contribution in [3.63, 3.8) is 0 Å². The van der Waals surface area contributed by atoms with E-state index in [9.17, 15) is 14.4 Å². The fourth-order valence-corrected chi connectivity index (χ4v) is 7.47. The summed E-state index contributed by atoms with van der Waals surface area (Å²) in [6.07, 6.45) is 1.38. The van der Waals surface area contributed by atoms with Gasteiger partial charge in [0.15, 0.2) is 12.2 Å². The fourth-order valence-electron chi connectivity index (χ4n) is 7.47. The summed E-state index contributed by atoms with van der Waals surface area (Å²) in [5.74, 6) is 0.385. The van der Waals surface area contributed by atoms with E-state index < -0.39 is 35.8 Å². The van der Waals surface area contributed by atoms with Gasteiger partial charge in [0.05, 0.1) is 23.2 Å². The summed E-state index contributed by atoms with van der Waals surface area (Å²) < 4.78 is 18.1. The molecule has 1 amide bonds. The van der Waals surface area contributed by atoms with Crippen molar-refractivity contribution in [2.24, 2.45) is 23.7 Å². The first-order chi connectivity index (χ1) is 17.7. The van der Waals surface area contributed by atoms with E-state index in [0.29, 0.717) is 23.0 Å². The molecule has 4 bridgehead atoms. The minimum atomic E-state index is -0.765. The average molecular weight is 504 g/mol. The molecule has 194 valence electrons. The molecule has 2 heterocycles. The van der Waals surface area contributed by atoms with E-state index in [4.69, 9.17) is 14.2 Å². The highest BCUT2D eigenvalue weighted by atomic mass is 16.6. The zero-order valence-corrected chi connectivity index (χ0v) is 21.4. The van der Waals surface area contributed by atoms with Crippen molar-refractivity contribution in [1.29, 1.82) is 0 Å². The number of ether oxygens (including phenoxy) is 3. The summed E-state index contributed by atoms with van der Waals surface area (Å²) in [6.45, 7) is 5.52. The molecule has 0 aromatic heterocycles. The Hall–Kier alpha value is -3.35. The summed E-state index contributed by atoms with van der Waals surface area (Å²) in [7, 11) is 0. The van der Waals surface area contributed by atoms with E-state index in [-0.39, 0.29) is 23.9 Å². The Labute approximate surface area is 217 Å². The SMILES string of the molecule is CC(C)(C)OC(=O)N1C2C(OC(=O)c3ccccc3)C(OC(=O)c3ccccc3)C1C1C3CCC(C3)C12. The van der Waals surface area contributed by atoms with Gasteiger partial charge in [-0.15, -0.1) is 0 Å². The zero-order valence-electron chi connectivity index (χ0n) is 21.4. The van der Waals surface area contributed by atoms with Gasteiger partial charge in [-0.05, 0) is 88.0 Å². The van der Waals surface area contributed by atoms with Crippen molar-refractivity contribution in [2.45, 2.75) is 69.9 Å². The molecule has 7 nitrogen and oxygen atoms in total. The maximum atomic E-state index is 13.6. The van der Waals surface area contributed by atoms with Crippen LogP contribution in [0, 0.1) is 23.7 Å². The van der Waals surface area contributed by atoms with Gasteiger partial charge >= 0.3 is 18.0 Å². The minimum absolute atomic E-state index is 0.205. The molecule has 0 N–H and O–H groups in total. The van der Waals surface area contributed by atoms with Crippen LogP contribution in [0.15, 0.2) is 60.7 Å². The van der Waals surface area contributed by atoms with Gasteiger partial charge in [-0.25, -0.2) is 14.4 Å². The van der Waals surface area contributed by atoms with Crippen LogP contribution in [-0.4, -0.2) is 52.8 Å². The fraction of sp³-hybridized carbons (Fsp3) is 0.500. The number of nitrogens with zero attached hydrogens (tertiary/aromatic N) is 1. The molecular weight excluding hydrogens is 470 g/mol. The third kappa shape index (κ3) is 4.09. The predicted molar refractivity (Wildman–Crippen MR) is 135 cm³/mol. The molecule has 0 radical (unpaired) electrons. The lowest BCUT2D eigenvalue weighted by Crippen LogP contribution is -2.52. The topological polar surface area (TPSA) is 82.1 Å². The Morgan fingerprint density at radius 1 is 0.730 bits per heavy atom. The van der Waals surface area contributed by atoms with Gasteiger partial charge in [0.25, 0.3) is 0 Å². The van der Waals surface area contributed by atoms with E-state index in [0.717, 1.165) is 19.3 Å². The molecule has 2 aliphatic heterocycles. The third-order valence-electron chi connectivity index (χ3n) is 8.58. The van der Waals surface area contributed by atoms with Gasteiger partial charge < -0.3 is 14.2 Å². The Morgan fingerprint density at radius 3 is 1.57 bits per heavy atom. The molecule has 2 aromatic rings. The minimum Gasteiger partial charge on any atom is -0.452 e. The molecule has 7 heteroatoms. The summed E-state index contributed by atoms with van der Waals surface area (Å²) in [4.78, 5) is 41.8. The van der Waals surface area contributed by atoms with E-state index in [1.54, 1.807) is 53.4 Å². The number of fused-ring (bicyclic) bond motifs is 9. The second-order valence-electron chi connectivity index (χ2n) is 11.8. The van der Waals surface area contributed by atoms with Crippen molar-refractivity contribution in [3.05, 3.63) is 71.8 Å². The standard InChI is InChI=1S/C30H33NO6/c1-30(2,3)37-29(34)31-23-21-19-14-15-20(16-19)22(21)24(31)26(36-28(33)18-12-8-5-9-13-18)25(23)35-27(32)17-10-6-4-7-11-17/h4-13,19-26H,14-16H2,1-3H3.